The van der Waals surface area contributed by atoms with Crippen LogP contribution in [0, 0.1) is 20.2 Å². The summed E-state index contributed by atoms with van der Waals surface area (Å²) in [6.07, 6.45) is 1.16. The van der Waals surface area contributed by atoms with Crippen LogP contribution in [0.4, 0.5) is 34.4 Å². The molecule has 2 aromatic carbocycles. The lowest BCUT2D eigenvalue weighted by molar-refractivity contribution is -0.384. The molecule has 0 atom stereocenters. The number of nitrogens with zero attached hydrogens (tertiary/aromatic N) is 4. The molecule has 1 heterocycles. The van der Waals surface area contributed by atoms with Crippen LogP contribution in [-0.2, 0) is 0 Å². The molecule has 0 fully saturated rings. The van der Waals surface area contributed by atoms with Crippen molar-refractivity contribution >= 4 is 50.3 Å². The summed E-state index contributed by atoms with van der Waals surface area (Å²) in [7, 11) is 0. The van der Waals surface area contributed by atoms with Crippen molar-refractivity contribution in [2.24, 2.45) is 0 Å². The van der Waals surface area contributed by atoms with Crippen molar-refractivity contribution in [2.45, 2.75) is 0 Å². The second-order valence-corrected chi connectivity index (χ2v) is 6.16. The molecule has 0 saturated heterocycles. The van der Waals surface area contributed by atoms with Crippen LogP contribution in [0.25, 0.3) is 0 Å². The Hall–Kier alpha value is -3.60. The molecule has 0 radical (unpaired) electrons. The van der Waals surface area contributed by atoms with Crippen LogP contribution in [0.2, 0.25) is 0 Å². The highest BCUT2D eigenvalue weighted by Gasteiger charge is 2.23. The van der Waals surface area contributed by atoms with Gasteiger partial charge in [0.1, 0.15) is 6.33 Å². The van der Waals surface area contributed by atoms with E-state index in [1.807, 2.05) is 6.07 Å². The van der Waals surface area contributed by atoms with Gasteiger partial charge in [-0.1, -0.05) is 28.1 Å². The summed E-state index contributed by atoms with van der Waals surface area (Å²) in [5, 5.41) is 28.1. The van der Waals surface area contributed by atoms with E-state index in [-0.39, 0.29) is 23.0 Å². The minimum atomic E-state index is -0.625. The summed E-state index contributed by atoms with van der Waals surface area (Å²) in [4.78, 5) is 29.2. The molecular formula is C16H11BrN6O4. The number of hydrogen-bond donors (Lipinski definition) is 2. The number of non-ortho nitro benzene ring substituents is 1. The van der Waals surface area contributed by atoms with Gasteiger partial charge in [-0.25, -0.2) is 9.97 Å². The van der Waals surface area contributed by atoms with Gasteiger partial charge in [0.15, 0.2) is 0 Å². The average Bonchev–Trinajstić information content (AvgIpc) is 2.62. The average molecular weight is 431 g/mol. The summed E-state index contributed by atoms with van der Waals surface area (Å²) in [6.45, 7) is 0. The highest BCUT2D eigenvalue weighted by Crippen LogP contribution is 2.33. The maximum absolute atomic E-state index is 11.6. The van der Waals surface area contributed by atoms with Crippen molar-refractivity contribution < 1.29 is 9.85 Å². The summed E-state index contributed by atoms with van der Waals surface area (Å²) >= 11 is 3.33. The number of halogens is 1. The molecule has 0 bridgehead atoms. The van der Waals surface area contributed by atoms with E-state index in [9.17, 15) is 20.2 Å². The second-order valence-electron chi connectivity index (χ2n) is 5.24. The Labute approximate surface area is 160 Å². The number of aromatic nitrogens is 2. The Morgan fingerprint density at radius 3 is 2.00 bits per heavy atom. The fourth-order valence-corrected chi connectivity index (χ4v) is 2.67. The quantitative estimate of drug-likeness (QED) is 0.429. The van der Waals surface area contributed by atoms with E-state index < -0.39 is 9.85 Å². The van der Waals surface area contributed by atoms with Crippen LogP contribution in [0.1, 0.15) is 0 Å². The first-order valence-electron chi connectivity index (χ1n) is 7.47. The zero-order valence-corrected chi connectivity index (χ0v) is 15.1. The smallest absolute Gasteiger partial charge is 0.334 e. The summed E-state index contributed by atoms with van der Waals surface area (Å²) in [5.74, 6) is -0.103. The maximum Gasteiger partial charge on any atom is 0.353 e. The molecule has 0 aliphatic carbocycles. The van der Waals surface area contributed by atoms with Crippen molar-refractivity contribution in [1.29, 1.82) is 0 Å². The lowest BCUT2D eigenvalue weighted by Crippen LogP contribution is -2.05. The molecule has 136 valence electrons. The predicted octanol–water partition coefficient (Wildman–Crippen LogP) is 4.54. The molecule has 0 saturated carbocycles. The molecule has 0 spiro atoms. The van der Waals surface area contributed by atoms with Crippen molar-refractivity contribution in [2.75, 3.05) is 10.6 Å². The lowest BCUT2D eigenvalue weighted by atomic mass is 10.2. The predicted molar refractivity (Wildman–Crippen MR) is 102 cm³/mol. The number of benzene rings is 2. The Morgan fingerprint density at radius 2 is 1.44 bits per heavy atom. The SMILES string of the molecule is O=[N+]([O-])c1cccc(Nc2ncnc(Nc3cccc(Br)c3)c2[N+](=O)[O-])c1. The Morgan fingerprint density at radius 1 is 0.852 bits per heavy atom. The molecule has 1 aromatic heterocycles. The third-order valence-corrected chi connectivity index (χ3v) is 3.91. The number of hydrogen-bond acceptors (Lipinski definition) is 8. The van der Waals surface area contributed by atoms with Crippen LogP contribution < -0.4 is 10.6 Å². The highest BCUT2D eigenvalue weighted by molar-refractivity contribution is 9.10. The zero-order chi connectivity index (χ0) is 19.4. The van der Waals surface area contributed by atoms with E-state index in [1.165, 1.54) is 18.2 Å². The first-order valence-corrected chi connectivity index (χ1v) is 8.27. The first kappa shape index (κ1) is 18.2. The van der Waals surface area contributed by atoms with E-state index in [0.29, 0.717) is 11.4 Å². The van der Waals surface area contributed by atoms with Crippen molar-refractivity contribution in [3.8, 4) is 0 Å². The van der Waals surface area contributed by atoms with Crippen LogP contribution in [0.15, 0.2) is 59.3 Å². The first-order chi connectivity index (χ1) is 12.9. The van der Waals surface area contributed by atoms with Crippen LogP contribution in [0.3, 0.4) is 0 Å². The molecule has 2 N–H and O–H groups in total. The third-order valence-electron chi connectivity index (χ3n) is 3.41. The van der Waals surface area contributed by atoms with E-state index >= 15 is 0 Å². The lowest BCUT2D eigenvalue weighted by Gasteiger charge is -2.10. The molecule has 10 nitrogen and oxygen atoms in total. The summed E-state index contributed by atoms with van der Waals surface area (Å²) in [5.41, 5.74) is 0.347. The Balaban J connectivity index is 1.97. The van der Waals surface area contributed by atoms with E-state index in [1.54, 1.807) is 24.3 Å². The standard InChI is InChI=1S/C16H11BrN6O4/c17-10-3-1-4-11(7-10)20-15-14(23(26)27)16(19-9-18-15)21-12-5-2-6-13(8-12)22(24)25/h1-9H,(H2,18,19,20,21). The van der Waals surface area contributed by atoms with Crippen molar-refractivity contribution in [1.82, 2.24) is 9.97 Å². The van der Waals surface area contributed by atoms with Gasteiger partial charge in [0.25, 0.3) is 5.69 Å². The van der Waals surface area contributed by atoms with Crippen molar-refractivity contribution in [3.05, 3.63) is 79.6 Å². The third kappa shape index (κ3) is 4.33. The minimum Gasteiger partial charge on any atom is -0.334 e. The highest BCUT2D eigenvalue weighted by atomic mass is 79.9. The summed E-state index contributed by atoms with van der Waals surface area (Å²) in [6, 6.07) is 12.6. The number of nitro groups is 2. The van der Waals surface area contributed by atoms with E-state index in [0.717, 1.165) is 10.8 Å². The van der Waals surface area contributed by atoms with Crippen LogP contribution in [-0.4, -0.2) is 19.8 Å². The molecule has 27 heavy (non-hydrogen) atoms. The normalized spacial score (nSPS) is 10.3. The number of nitrogens with one attached hydrogen (secondary N) is 2. The second kappa shape index (κ2) is 7.74. The largest absolute Gasteiger partial charge is 0.353 e. The Bertz CT molecular complexity index is 1030. The molecule has 11 heteroatoms. The number of nitro benzene ring substituents is 1. The monoisotopic (exact) mass is 430 g/mol. The minimum absolute atomic E-state index is 0.0129. The van der Waals surface area contributed by atoms with Crippen molar-refractivity contribution in [3.63, 3.8) is 0 Å². The van der Waals surface area contributed by atoms with Gasteiger partial charge in [0.05, 0.1) is 9.85 Å². The van der Waals surface area contributed by atoms with Crippen LogP contribution >= 0.6 is 15.9 Å². The summed E-state index contributed by atoms with van der Waals surface area (Å²) < 4.78 is 0.791. The number of rotatable bonds is 6. The molecule has 0 amide bonds. The van der Waals surface area contributed by atoms with Gasteiger partial charge in [0, 0.05) is 28.0 Å². The van der Waals surface area contributed by atoms with Gasteiger partial charge in [-0.3, -0.25) is 20.2 Å². The molecule has 0 aliphatic rings. The van der Waals surface area contributed by atoms with E-state index in [2.05, 4.69) is 36.5 Å². The fourth-order valence-electron chi connectivity index (χ4n) is 2.27. The fraction of sp³-hybridized carbons (Fsp3) is 0. The van der Waals surface area contributed by atoms with Gasteiger partial charge in [-0.2, -0.15) is 0 Å². The van der Waals surface area contributed by atoms with E-state index in [4.69, 9.17) is 0 Å². The van der Waals surface area contributed by atoms with Gasteiger partial charge in [0.2, 0.25) is 11.6 Å². The molecule has 0 unspecified atom stereocenters. The van der Waals surface area contributed by atoms with Gasteiger partial charge in [-0.05, 0) is 24.3 Å². The maximum atomic E-state index is 11.6. The van der Waals surface area contributed by atoms with Crippen LogP contribution in [0.5, 0.6) is 0 Å². The topological polar surface area (TPSA) is 136 Å². The Kier molecular flexibility index (Phi) is 5.22. The molecule has 3 aromatic rings. The number of anilines is 4. The van der Waals surface area contributed by atoms with Gasteiger partial charge in [-0.15, -0.1) is 0 Å². The zero-order valence-electron chi connectivity index (χ0n) is 13.5. The van der Waals surface area contributed by atoms with Gasteiger partial charge >= 0.3 is 5.69 Å². The molecule has 3 rings (SSSR count). The van der Waals surface area contributed by atoms with Gasteiger partial charge < -0.3 is 10.6 Å². The molecule has 0 aliphatic heterocycles. The molecular weight excluding hydrogens is 420 g/mol.